The fraction of sp³-hybridized carbons (Fsp3) is 0.0556. The van der Waals surface area contributed by atoms with Gasteiger partial charge in [-0.05, 0) is 17.7 Å². The maximum atomic E-state index is 11.8. The van der Waals surface area contributed by atoms with Crippen LogP contribution in [0.25, 0.3) is 10.9 Å². The van der Waals surface area contributed by atoms with Crippen LogP contribution in [0.5, 0.6) is 0 Å². The topological polar surface area (TPSA) is 54.4 Å². The van der Waals surface area contributed by atoms with Crippen molar-refractivity contribution in [1.29, 1.82) is 0 Å². The van der Waals surface area contributed by atoms with Crippen LogP contribution in [-0.2, 0) is 11.2 Å². The number of nitrogens with zero attached hydrogens (tertiary/aromatic N) is 2. The molecule has 0 unspecified atom stereocenters. The molecule has 2 aromatic carbocycles. The second kappa shape index (κ2) is 7.03. The highest BCUT2D eigenvalue weighted by atomic mass is 35.5. The summed E-state index contributed by atoms with van der Waals surface area (Å²) >= 11 is 6.13. The van der Waals surface area contributed by atoms with Crippen molar-refractivity contribution in [3.63, 3.8) is 0 Å². The summed E-state index contributed by atoms with van der Waals surface area (Å²) in [6.07, 6.45) is 1.78. The van der Waals surface area contributed by atoms with E-state index < -0.39 is 0 Å². The van der Waals surface area contributed by atoms with E-state index in [1.807, 2.05) is 60.7 Å². The fourth-order valence-electron chi connectivity index (χ4n) is 2.19. The molecule has 1 N–H and O–H groups in total. The highest BCUT2D eigenvalue weighted by molar-refractivity contribution is 6.32. The van der Waals surface area contributed by atoms with Crippen LogP contribution < -0.4 is 5.43 Å². The van der Waals surface area contributed by atoms with Crippen molar-refractivity contribution < 1.29 is 4.79 Å². The number of hydrazone groups is 1. The highest BCUT2D eigenvalue weighted by Gasteiger charge is 2.04. The lowest BCUT2D eigenvalue weighted by atomic mass is 10.1. The van der Waals surface area contributed by atoms with Gasteiger partial charge in [0.05, 0.1) is 18.2 Å². The van der Waals surface area contributed by atoms with Gasteiger partial charge in [0, 0.05) is 10.9 Å². The number of fused-ring (bicyclic) bond motifs is 1. The van der Waals surface area contributed by atoms with Crippen LogP contribution in [0.1, 0.15) is 11.1 Å². The van der Waals surface area contributed by atoms with Crippen molar-refractivity contribution in [2.75, 3.05) is 0 Å². The smallest absolute Gasteiger partial charge is 0.244 e. The molecule has 1 aromatic heterocycles. The highest BCUT2D eigenvalue weighted by Crippen LogP contribution is 2.18. The average molecular weight is 324 g/mol. The molecule has 114 valence electrons. The summed E-state index contributed by atoms with van der Waals surface area (Å²) in [5.41, 5.74) is 4.91. The van der Waals surface area contributed by atoms with Gasteiger partial charge in [-0.15, -0.1) is 0 Å². The number of carbonyl (C=O) groups excluding carboxylic acids is 1. The Labute approximate surface area is 138 Å². The number of hydrogen-bond donors (Lipinski definition) is 1. The lowest BCUT2D eigenvalue weighted by Crippen LogP contribution is -2.19. The van der Waals surface area contributed by atoms with Crippen LogP contribution in [-0.4, -0.2) is 17.1 Å². The first-order chi connectivity index (χ1) is 11.2. The lowest BCUT2D eigenvalue weighted by Gasteiger charge is -2.02. The minimum atomic E-state index is -0.183. The van der Waals surface area contributed by atoms with Crippen LogP contribution in [0.3, 0.4) is 0 Å². The molecule has 0 spiro atoms. The summed E-state index contributed by atoms with van der Waals surface area (Å²) in [6.45, 7) is 0. The van der Waals surface area contributed by atoms with Crippen molar-refractivity contribution in [3.8, 4) is 0 Å². The third-order valence-corrected chi connectivity index (χ3v) is 3.61. The number of para-hydroxylation sites is 1. The van der Waals surface area contributed by atoms with E-state index in [0.717, 1.165) is 16.5 Å². The van der Waals surface area contributed by atoms with Crippen LogP contribution in [0.4, 0.5) is 0 Å². The number of halogens is 1. The van der Waals surface area contributed by atoms with E-state index in [0.29, 0.717) is 10.7 Å². The van der Waals surface area contributed by atoms with E-state index in [-0.39, 0.29) is 12.3 Å². The number of benzene rings is 2. The maximum absolute atomic E-state index is 11.8. The molecule has 0 aliphatic rings. The van der Waals surface area contributed by atoms with E-state index in [2.05, 4.69) is 15.5 Å². The largest absolute Gasteiger partial charge is 0.273 e. The predicted molar refractivity (Wildman–Crippen MR) is 92.6 cm³/mol. The molecule has 0 aliphatic heterocycles. The number of amides is 1. The SMILES string of the molecule is O=C(Cc1ccccc1)NN=Cc1cc2ccccc2nc1Cl. The molecule has 0 radical (unpaired) electrons. The van der Waals surface area contributed by atoms with Crippen molar-refractivity contribution in [3.05, 3.63) is 76.9 Å². The summed E-state index contributed by atoms with van der Waals surface area (Å²) in [5, 5.41) is 5.27. The molecular formula is C18H14ClN3O. The molecule has 4 nitrogen and oxygen atoms in total. The zero-order chi connectivity index (χ0) is 16.1. The summed E-state index contributed by atoms with van der Waals surface area (Å²) in [6, 6.07) is 19.1. The van der Waals surface area contributed by atoms with E-state index in [4.69, 9.17) is 11.6 Å². The quantitative estimate of drug-likeness (QED) is 0.453. The first-order valence-corrected chi connectivity index (χ1v) is 7.51. The molecule has 3 rings (SSSR count). The zero-order valence-electron chi connectivity index (χ0n) is 12.2. The standard InChI is InChI=1S/C18H14ClN3O/c19-18-15(11-14-8-4-5-9-16(14)21-18)12-20-22-17(23)10-13-6-2-1-3-7-13/h1-9,11-12H,10H2,(H,22,23). The minimum absolute atomic E-state index is 0.183. The van der Waals surface area contributed by atoms with E-state index >= 15 is 0 Å². The summed E-state index contributed by atoms with van der Waals surface area (Å²) in [7, 11) is 0. The Hall–Kier alpha value is -2.72. The van der Waals surface area contributed by atoms with Crippen LogP contribution >= 0.6 is 11.6 Å². The van der Waals surface area contributed by atoms with Crippen molar-refractivity contribution >= 4 is 34.6 Å². The third kappa shape index (κ3) is 3.93. The van der Waals surface area contributed by atoms with Crippen molar-refractivity contribution in [1.82, 2.24) is 10.4 Å². The Morgan fingerprint density at radius 2 is 1.87 bits per heavy atom. The van der Waals surface area contributed by atoms with Crippen LogP contribution in [0, 0.1) is 0 Å². The minimum Gasteiger partial charge on any atom is -0.273 e. The monoisotopic (exact) mass is 323 g/mol. The molecule has 0 saturated carbocycles. The molecule has 0 atom stereocenters. The zero-order valence-corrected chi connectivity index (χ0v) is 13.0. The Bertz CT molecular complexity index is 863. The number of aromatic nitrogens is 1. The van der Waals surface area contributed by atoms with Crippen molar-refractivity contribution in [2.45, 2.75) is 6.42 Å². The third-order valence-electron chi connectivity index (χ3n) is 3.30. The van der Waals surface area contributed by atoms with Gasteiger partial charge in [-0.25, -0.2) is 10.4 Å². The Kier molecular flexibility index (Phi) is 4.64. The van der Waals surface area contributed by atoms with Gasteiger partial charge in [-0.2, -0.15) is 5.10 Å². The van der Waals surface area contributed by atoms with Gasteiger partial charge in [0.15, 0.2) is 0 Å². The predicted octanol–water partition coefficient (Wildman–Crippen LogP) is 3.58. The van der Waals surface area contributed by atoms with Crippen LogP contribution in [0.2, 0.25) is 5.15 Å². The number of rotatable bonds is 4. The molecule has 0 bridgehead atoms. The molecule has 5 heteroatoms. The van der Waals surface area contributed by atoms with Crippen LogP contribution in [0.15, 0.2) is 65.8 Å². The lowest BCUT2D eigenvalue weighted by molar-refractivity contribution is -0.120. The van der Waals surface area contributed by atoms with Gasteiger partial charge in [0.25, 0.3) is 0 Å². The first kappa shape index (κ1) is 15.2. The molecule has 1 heterocycles. The number of hydrogen-bond acceptors (Lipinski definition) is 3. The molecule has 0 aliphatic carbocycles. The number of nitrogens with one attached hydrogen (secondary N) is 1. The molecule has 0 fully saturated rings. The summed E-state index contributed by atoms with van der Waals surface area (Å²) in [4.78, 5) is 16.1. The Morgan fingerprint density at radius 3 is 2.70 bits per heavy atom. The summed E-state index contributed by atoms with van der Waals surface area (Å²) in [5.74, 6) is -0.183. The molecular weight excluding hydrogens is 310 g/mol. The Balaban J connectivity index is 1.68. The molecule has 1 amide bonds. The van der Waals surface area contributed by atoms with E-state index in [1.54, 1.807) is 0 Å². The number of carbonyl (C=O) groups is 1. The van der Waals surface area contributed by atoms with Gasteiger partial charge in [0.1, 0.15) is 5.15 Å². The second-order valence-corrected chi connectivity index (χ2v) is 5.37. The average Bonchev–Trinajstić information content (AvgIpc) is 2.56. The van der Waals surface area contributed by atoms with E-state index in [9.17, 15) is 4.79 Å². The number of pyridine rings is 1. The van der Waals surface area contributed by atoms with Gasteiger partial charge in [0.2, 0.25) is 5.91 Å². The Morgan fingerprint density at radius 1 is 1.13 bits per heavy atom. The fourth-order valence-corrected chi connectivity index (χ4v) is 2.39. The summed E-state index contributed by atoms with van der Waals surface area (Å²) < 4.78 is 0. The van der Waals surface area contributed by atoms with Gasteiger partial charge < -0.3 is 0 Å². The normalized spacial score (nSPS) is 11.0. The molecule has 23 heavy (non-hydrogen) atoms. The maximum Gasteiger partial charge on any atom is 0.244 e. The van der Waals surface area contributed by atoms with E-state index in [1.165, 1.54) is 6.21 Å². The van der Waals surface area contributed by atoms with Gasteiger partial charge >= 0.3 is 0 Å². The van der Waals surface area contributed by atoms with Gasteiger partial charge in [-0.1, -0.05) is 60.1 Å². The van der Waals surface area contributed by atoms with Crippen molar-refractivity contribution in [2.24, 2.45) is 5.10 Å². The molecule has 0 saturated heterocycles. The van der Waals surface area contributed by atoms with Gasteiger partial charge in [-0.3, -0.25) is 4.79 Å². The second-order valence-electron chi connectivity index (χ2n) is 5.02. The first-order valence-electron chi connectivity index (χ1n) is 7.13. The molecule has 3 aromatic rings.